The van der Waals surface area contributed by atoms with Crippen LogP contribution in [0.15, 0.2) is 18.2 Å². The van der Waals surface area contributed by atoms with Gasteiger partial charge in [0.1, 0.15) is 0 Å². The summed E-state index contributed by atoms with van der Waals surface area (Å²) in [4.78, 5) is 23.8. The summed E-state index contributed by atoms with van der Waals surface area (Å²) in [5.74, 6) is -0.530. The van der Waals surface area contributed by atoms with Crippen LogP contribution in [0.25, 0.3) is 10.1 Å². The van der Waals surface area contributed by atoms with E-state index >= 15 is 0 Å². The van der Waals surface area contributed by atoms with Gasteiger partial charge in [0.15, 0.2) is 17.3 Å². The number of carbonyl (C=O) groups is 2. The second-order valence-electron chi connectivity index (χ2n) is 5.76. The third-order valence-electron chi connectivity index (χ3n) is 3.78. The Labute approximate surface area is 159 Å². The van der Waals surface area contributed by atoms with E-state index in [2.05, 4.69) is 15.9 Å². The molecule has 0 aliphatic rings. The van der Waals surface area contributed by atoms with E-state index in [9.17, 15) is 9.59 Å². The van der Waals surface area contributed by atoms with Crippen molar-refractivity contribution in [1.82, 2.24) is 0 Å². The Morgan fingerprint density at radius 1 is 1.24 bits per heavy atom. The van der Waals surface area contributed by atoms with Gasteiger partial charge in [-0.1, -0.05) is 22.9 Å². The first-order chi connectivity index (χ1) is 12.0. The zero-order valence-electron chi connectivity index (χ0n) is 14.2. The number of ketones is 1. The predicted octanol–water partition coefficient (Wildman–Crippen LogP) is 4.76. The average Bonchev–Trinajstić information content (AvgIpc) is 3.00. The van der Waals surface area contributed by atoms with Gasteiger partial charge in [-0.15, -0.1) is 11.3 Å². The molecule has 1 heterocycles. The van der Waals surface area contributed by atoms with Gasteiger partial charge in [-0.3, -0.25) is 9.59 Å². The van der Waals surface area contributed by atoms with Gasteiger partial charge in [0.05, 0.1) is 24.5 Å². The van der Waals surface area contributed by atoms with Gasteiger partial charge in [0.25, 0.3) is 0 Å². The van der Waals surface area contributed by atoms with Gasteiger partial charge in [-0.2, -0.15) is 0 Å². The number of carboxylic acids is 1. The Kier molecular flexibility index (Phi) is 7.25. The van der Waals surface area contributed by atoms with E-state index < -0.39 is 11.9 Å². The standard InChI is InChI=1S/C18H21BrO5S/c1-11(18(21)22)7-13(20)17-9-12-8-14(23-2)15(10-16(12)25-17)24-6-4-3-5-19/h8-11H,3-7H2,1-2H3,(H,21,22). The van der Waals surface area contributed by atoms with Crippen molar-refractivity contribution in [3.63, 3.8) is 0 Å². The highest BCUT2D eigenvalue weighted by Crippen LogP contribution is 2.37. The minimum Gasteiger partial charge on any atom is -0.493 e. The first-order valence-corrected chi connectivity index (χ1v) is 9.96. The highest BCUT2D eigenvalue weighted by atomic mass is 79.9. The molecule has 1 aromatic heterocycles. The molecule has 0 spiro atoms. The molecule has 0 bridgehead atoms. The molecule has 0 radical (unpaired) electrons. The number of thiophene rings is 1. The number of unbranched alkanes of at least 4 members (excludes halogenated alkanes) is 1. The fraction of sp³-hybridized carbons (Fsp3) is 0.444. The Bertz CT molecular complexity index is 755. The second kappa shape index (κ2) is 9.20. The Morgan fingerprint density at radius 3 is 2.64 bits per heavy atom. The van der Waals surface area contributed by atoms with Crippen LogP contribution in [0.1, 0.15) is 35.9 Å². The van der Waals surface area contributed by atoms with Crippen molar-refractivity contribution in [2.45, 2.75) is 26.2 Å². The third kappa shape index (κ3) is 5.19. The average molecular weight is 429 g/mol. The maximum absolute atomic E-state index is 12.3. The number of hydrogen-bond donors (Lipinski definition) is 1. The van der Waals surface area contributed by atoms with Crippen molar-refractivity contribution in [3.8, 4) is 11.5 Å². The zero-order chi connectivity index (χ0) is 18.4. The first kappa shape index (κ1) is 19.7. The van der Waals surface area contributed by atoms with Crippen molar-refractivity contribution >= 4 is 49.1 Å². The van der Waals surface area contributed by atoms with Gasteiger partial charge in [0.2, 0.25) is 0 Å². The number of hydrogen-bond acceptors (Lipinski definition) is 5. The Balaban J connectivity index is 2.21. The van der Waals surface area contributed by atoms with Crippen LogP contribution in [0.2, 0.25) is 0 Å². The van der Waals surface area contributed by atoms with Crippen molar-refractivity contribution in [3.05, 3.63) is 23.1 Å². The van der Waals surface area contributed by atoms with E-state index in [1.807, 2.05) is 12.1 Å². The lowest BCUT2D eigenvalue weighted by molar-refractivity contribution is -0.141. The summed E-state index contributed by atoms with van der Waals surface area (Å²) in [5.41, 5.74) is 0. The molecule has 1 N–H and O–H groups in total. The number of aliphatic carboxylic acids is 1. The molecule has 7 heteroatoms. The molecule has 1 atom stereocenters. The summed E-state index contributed by atoms with van der Waals surface area (Å²) in [5, 5.41) is 10.8. The summed E-state index contributed by atoms with van der Waals surface area (Å²) >= 11 is 4.74. The number of fused-ring (bicyclic) bond motifs is 1. The number of halogens is 1. The molecule has 136 valence electrons. The van der Waals surface area contributed by atoms with Crippen molar-refractivity contribution in [2.75, 3.05) is 19.0 Å². The molecular weight excluding hydrogens is 408 g/mol. The molecule has 25 heavy (non-hydrogen) atoms. The van der Waals surface area contributed by atoms with Crippen LogP contribution in [0.3, 0.4) is 0 Å². The lowest BCUT2D eigenvalue weighted by Gasteiger charge is -2.10. The summed E-state index contributed by atoms with van der Waals surface area (Å²) in [6.45, 7) is 2.14. The number of alkyl halides is 1. The van der Waals surface area contributed by atoms with E-state index in [0.717, 1.165) is 28.3 Å². The molecule has 0 amide bonds. The van der Waals surface area contributed by atoms with E-state index in [4.69, 9.17) is 14.6 Å². The molecule has 0 fully saturated rings. The van der Waals surface area contributed by atoms with Crippen molar-refractivity contribution in [2.24, 2.45) is 5.92 Å². The third-order valence-corrected chi connectivity index (χ3v) is 5.48. The van der Waals surface area contributed by atoms with Crippen molar-refractivity contribution in [1.29, 1.82) is 0 Å². The quantitative estimate of drug-likeness (QED) is 0.335. The SMILES string of the molecule is COc1cc2cc(C(=O)CC(C)C(=O)O)sc2cc1OCCCCBr. The van der Waals surface area contributed by atoms with E-state index in [1.54, 1.807) is 13.2 Å². The zero-order valence-corrected chi connectivity index (χ0v) is 16.6. The fourth-order valence-electron chi connectivity index (χ4n) is 2.30. The maximum Gasteiger partial charge on any atom is 0.306 e. The van der Waals surface area contributed by atoms with Crippen molar-refractivity contribution < 1.29 is 24.2 Å². The molecule has 0 aliphatic carbocycles. The van der Waals surface area contributed by atoms with Gasteiger partial charge >= 0.3 is 5.97 Å². The number of methoxy groups -OCH3 is 1. The van der Waals surface area contributed by atoms with Gasteiger partial charge in [-0.05, 0) is 30.4 Å². The summed E-state index contributed by atoms with van der Waals surface area (Å²) in [6.07, 6.45) is 1.97. The van der Waals surface area contributed by atoms with E-state index in [1.165, 1.54) is 18.3 Å². The van der Waals surface area contributed by atoms with Crippen LogP contribution in [0, 0.1) is 5.92 Å². The Morgan fingerprint density at radius 2 is 2.00 bits per heavy atom. The molecule has 0 saturated heterocycles. The highest BCUT2D eigenvalue weighted by molar-refractivity contribution is 9.09. The van der Waals surface area contributed by atoms with Gasteiger partial charge in [-0.25, -0.2) is 0 Å². The summed E-state index contributed by atoms with van der Waals surface area (Å²) in [7, 11) is 1.58. The van der Waals surface area contributed by atoms with E-state index in [-0.39, 0.29) is 12.2 Å². The number of rotatable bonds is 10. The minimum absolute atomic E-state index is 0.00477. The van der Waals surface area contributed by atoms with Crippen LogP contribution < -0.4 is 9.47 Å². The van der Waals surface area contributed by atoms with Crippen LogP contribution in [0.5, 0.6) is 11.5 Å². The lowest BCUT2D eigenvalue weighted by Crippen LogP contribution is -2.13. The first-order valence-electron chi connectivity index (χ1n) is 8.02. The molecule has 2 rings (SSSR count). The normalized spacial score (nSPS) is 12.1. The van der Waals surface area contributed by atoms with E-state index in [0.29, 0.717) is 23.0 Å². The minimum atomic E-state index is -0.963. The number of carboxylic acid groups (broad SMARTS) is 1. The molecule has 0 saturated carbocycles. The molecule has 1 aromatic carbocycles. The maximum atomic E-state index is 12.3. The molecule has 2 aromatic rings. The molecule has 0 aliphatic heterocycles. The summed E-state index contributed by atoms with van der Waals surface area (Å²) in [6, 6.07) is 5.52. The topological polar surface area (TPSA) is 72.8 Å². The fourth-order valence-corrected chi connectivity index (χ4v) is 3.72. The number of carbonyl (C=O) groups excluding carboxylic acids is 1. The van der Waals surface area contributed by atoms with Crippen LogP contribution in [-0.2, 0) is 4.79 Å². The largest absolute Gasteiger partial charge is 0.493 e. The number of benzene rings is 1. The highest BCUT2D eigenvalue weighted by Gasteiger charge is 2.19. The molecule has 5 nitrogen and oxygen atoms in total. The smallest absolute Gasteiger partial charge is 0.306 e. The monoisotopic (exact) mass is 428 g/mol. The van der Waals surface area contributed by atoms with Crippen LogP contribution in [-0.4, -0.2) is 35.9 Å². The number of ether oxygens (including phenoxy) is 2. The predicted molar refractivity (Wildman–Crippen MR) is 103 cm³/mol. The number of Topliss-reactive ketones (excluding diaryl/α,β-unsaturated/α-hetero) is 1. The Hall–Kier alpha value is -1.60. The second-order valence-corrected chi connectivity index (χ2v) is 7.64. The molecule has 1 unspecified atom stereocenters. The van der Waals surface area contributed by atoms with Crippen LogP contribution in [0.4, 0.5) is 0 Å². The van der Waals surface area contributed by atoms with Gasteiger partial charge < -0.3 is 14.6 Å². The summed E-state index contributed by atoms with van der Waals surface area (Å²) < 4.78 is 12.1. The van der Waals surface area contributed by atoms with Gasteiger partial charge in [0, 0.05) is 22.5 Å². The van der Waals surface area contributed by atoms with Crippen LogP contribution >= 0.6 is 27.3 Å². The molecular formula is C18H21BrO5S. The lowest BCUT2D eigenvalue weighted by atomic mass is 10.0.